The first-order chi connectivity index (χ1) is 11.8. The first-order valence-corrected chi connectivity index (χ1v) is 11.0. The second-order valence-corrected chi connectivity index (χ2v) is 10.2. The van der Waals surface area contributed by atoms with Gasteiger partial charge in [-0.15, -0.1) is 0 Å². The van der Waals surface area contributed by atoms with Crippen molar-refractivity contribution in [3.8, 4) is 0 Å². The van der Waals surface area contributed by atoms with Gasteiger partial charge in [0.1, 0.15) is 0 Å². The maximum Gasteiger partial charge on any atom is 0.207 e. The smallest absolute Gasteiger partial charge is 0.207 e. The molecular weight excluding hydrogens is 422 g/mol. The van der Waals surface area contributed by atoms with E-state index >= 15 is 0 Å². The van der Waals surface area contributed by atoms with Crippen LogP contribution in [0.3, 0.4) is 0 Å². The highest BCUT2D eigenvalue weighted by atomic mass is 35.5. The molecule has 2 fully saturated rings. The van der Waals surface area contributed by atoms with Crippen LogP contribution in [0.5, 0.6) is 0 Å². The SMILES string of the molecule is O=S(=O)(c1cc(Cl)cc(Cl)c1C1CC1)c1cc(Cl)cc(Cl)c1C1CC1. The molecule has 7 heteroatoms. The third-order valence-corrected chi connectivity index (χ3v) is 7.56. The minimum Gasteiger partial charge on any atom is -0.218 e. The highest BCUT2D eigenvalue weighted by molar-refractivity contribution is 7.91. The van der Waals surface area contributed by atoms with Gasteiger partial charge < -0.3 is 0 Å². The van der Waals surface area contributed by atoms with Crippen LogP contribution in [-0.2, 0) is 9.84 Å². The number of rotatable bonds is 4. The molecule has 132 valence electrons. The first kappa shape index (κ1) is 17.9. The molecule has 2 aliphatic rings. The molecule has 0 bridgehead atoms. The Balaban J connectivity index is 1.98. The molecule has 2 aromatic carbocycles. The minimum absolute atomic E-state index is 0.161. The standard InChI is InChI=1S/C18H14Cl4O2S/c19-11-5-13(21)17(9-1-2-9)15(7-11)25(23,24)16-8-12(20)6-14(22)18(16)10-3-4-10/h5-10H,1-4H2. The molecule has 25 heavy (non-hydrogen) atoms. The summed E-state index contributed by atoms with van der Waals surface area (Å²) < 4.78 is 27.0. The zero-order valence-electron chi connectivity index (χ0n) is 13.0. The van der Waals surface area contributed by atoms with Crippen LogP contribution in [0.2, 0.25) is 20.1 Å². The second kappa shape index (κ2) is 6.31. The molecule has 0 N–H and O–H groups in total. The molecule has 0 unspecified atom stereocenters. The Kier molecular flexibility index (Phi) is 4.53. The zero-order valence-corrected chi connectivity index (χ0v) is 16.9. The van der Waals surface area contributed by atoms with Crippen LogP contribution >= 0.6 is 46.4 Å². The van der Waals surface area contributed by atoms with Crippen molar-refractivity contribution in [2.45, 2.75) is 47.3 Å². The molecule has 2 saturated carbocycles. The summed E-state index contributed by atoms with van der Waals surface area (Å²) in [4.78, 5) is 0.348. The van der Waals surface area contributed by atoms with Crippen molar-refractivity contribution in [3.05, 3.63) is 55.5 Å². The van der Waals surface area contributed by atoms with E-state index in [9.17, 15) is 8.42 Å². The van der Waals surface area contributed by atoms with Gasteiger partial charge in [-0.3, -0.25) is 0 Å². The van der Waals surface area contributed by atoms with Crippen molar-refractivity contribution < 1.29 is 8.42 Å². The molecule has 0 heterocycles. The van der Waals surface area contributed by atoms with Crippen molar-refractivity contribution in [1.82, 2.24) is 0 Å². The molecule has 0 atom stereocenters. The third-order valence-electron chi connectivity index (χ3n) is 4.66. The van der Waals surface area contributed by atoms with Gasteiger partial charge in [-0.2, -0.15) is 0 Å². The van der Waals surface area contributed by atoms with Crippen LogP contribution in [0.25, 0.3) is 0 Å². The summed E-state index contributed by atoms with van der Waals surface area (Å²) in [6.45, 7) is 0. The molecule has 0 saturated heterocycles. The van der Waals surface area contributed by atoms with Crippen LogP contribution in [0, 0.1) is 0 Å². The van der Waals surface area contributed by atoms with Gasteiger partial charge >= 0.3 is 0 Å². The van der Waals surface area contributed by atoms with E-state index in [0.717, 1.165) is 25.7 Å². The number of sulfone groups is 1. The van der Waals surface area contributed by atoms with Crippen LogP contribution in [0.1, 0.15) is 48.6 Å². The Morgan fingerprint density at radius 3 is 1.36 bits per heavy atom. The van der Waals surface area contributed by atoms with Crippen molar-refractivity contribution in [3.63, 3.8) is 0 Å². The van der Waals surface area contributed by atoms with Gasteiger partial charge in [0, 0.05) is 20.1 Å². The van der Waals surface area contributed by atoms with E-state index in [1.54, 1.807) is 12.1 Å². The Labute approximate surface area is 167 Å². The normalized spacial score (nSPS) is 17.8. The summed E-state index contributed by atoms with van der Waals surface area (Å²) in [5.74, 6) is 0.321. The fraction of sp³-hybridized carbons (Fsp3) is 0.333. The van der Waals surface area contributed by atoms with E-state index in [1.165, 1.54) is 12.1 Å². The van der Waals surface area contributed by atoms with Gasteiger partial charge in [0.05, 0.1) is 9.79 Å². The van der Waals surface area contributed by atoms with E-state index in [0.29, 0.717) is 31.2 Å². The van der Waals surface area contributed by atoms with Crippen LogP contribution < -0.4 is 0 Å². The van der Waals surface area contributed by atoms with Gasteiger partial charge in [-0.25, -0.2) is 8.42 Å². The van der Waals surface area contributed by atoms with Crippen LogP contribution in [0.4, 0.5) is 0 Å². The average Bonchev–Trinajstić information content (AvgIpc) is 3.39. The Bertz CT molecular complexity index is 904. The summed E-state index contributed by atoms with van der Waals surface area (Å²) >= 11 is 24.9. The van der Waals surface area contributed by atoms with E-state index < -0.39 is 9.84 Å². The van der Waals surface area contributed by atoms with Crippen molar-refractivity contribution in [2.24, 2.45) is 0 Å². The molecule has 0 aromatic heterocycles. The predicted octanol–water partition coefficient (Wildman–Crippen LogP) is 6.89. The Morgan fingerprint density at radius 2 is 1.04 bits per heavy atom. The van der Waals surface area contributed by atoms with E-state index in [1.807, 2.05) is 0 Å². The molecule has 0 amide bonds. The van der Waals surface area contributed by atoms with Crippen molar-refractivity contribution in [1.29, 1.82) is 0 Å². The molecule has 2 aliphatic carbocycles. The first-order valence-electron chi connectivity index (χ1n) is 8.02. The van der Waals surface area contributed by atoms with E-state index in [-0.39, 0.29) is 21.6 Å². The molecule has 2 nitrogen and oxygen atoms in total. The lowest BCUT2D eigenvalue weighted by Gasteiger charge is -2.16. The van der Waals surface area contributed by atoms with Gasteiger partial charge in [0.25, 0.3) is 0 Å². The highest BCUT2D eigenvalue weighted by Gasteiger charge is 2.38. The number of benzene rings is 2. The largest absolute Gasteiger partial charge is 0.218 e. The fourth-order valence-electron chi connectivity index (χ4n) is 3.22. The Hall–Kier alpha value is -0.450. The molecule has 4 rings (SSSR count). The van der Waals surface area contributed by atoms with Gasteiger partial charge in [0.2, 0.25) is 9.84 Å². The maximum absolute atomic E-state index is 13.5. The van der Waals surface area contributed by atoms with Crippen LogP contribution in [-0.4, -0.2) is 8.42 Å². The summed E-state index contributed by atoms with van der Waals surface area (Å²) in [5, 5.41) is 1.40. The third kappa shape index (κ3) is 3.30. The summed E-state index contributed by atoms with van der Waals surface area (Å²) in [6, 6.07) is 6.18. The maximum atomic E-state index is 13.5. The van der Waals surface area contributed by atoms with Gasteiger partial charge in [-0.05, 0) is 72.9 Å². The average molecular weight is 436 g/mol. The van der Waals surface area contributed by atoms with Gasteiger partial charge in [-0.1, -0.05) is 46.4 Å². The molecule has 0 radical (unpaired) electrons. The van der Waals surface area contributed by atoms with Crippen molar-refractivity contribution >= 4 is 56.2 Å². The lowest BCUT2D eigenvalue weighted by molar-refractivity contribution is 0.593. The second-order valence-electron chi connectivity index (χ2n) is 6.65. The summed E-state index contributed by atoms with van der Waals surface area (Å²) in [7, 11) is -3.84. The number of hydrogen-bond donors (Lipinski definition) is 0. The summed E-state index contributed by atoms with van der Waals surface area (Å²) in [5.41, 5.74) is 1.31. The van der Waals surface area contributed by atoms with E-state index in [2.05, 4.69) is 0 Å². The monoisotopic (exact) mass is 434 g/mol. The van der Waals surface area contributed by atoms with Crippen LogP contribution in [0.15, 0.2) is 34.1 Å². The molecule has 0 spiro atoms. The molecular formula is C18H14Cl4O2S. The Morgan fingerprint density at radius 1 is 0.680 bits per heavy atom. The van der Waals surface area contributed by atoms with Gasteiger partial charge in [0.15, 0.2) is 0 Å². The number of halogens is 4. The lowest BCUT2D eigenvalue weighted by atomic mass is 10.1. The van der Waals surface area contributed by atoms with Crippen molar-refractivity contribution in [2.75, 3.05) is 0 Å². The fourth-order valence-corrected chi connectivity index (χ4v) is 6.69. The quantitative estimate of drug-likeness (QED) is 0.523. The lowest BCUT2D eigenvalue weighted by Crippen LogP contribution is -2.09. The minimum atomic E-state index is -3.84. The molecule has 2 aromatic rings. The highest BCUT2D eigenvalue weighted by Crippen LogP contribution is 2.51. The predicted molar refractivity (Wildman–Crippen MR) is 102 cm³/mol. The van der Waals surface area contributed by atoms with E-state index in [4.69, 9.17) is 46.4 Å². The topological polar surface area (TPSA) is 34.1 Å². The molecule has 0 aliphatic heterocycles. The number of hydrogen-bond acceptors (Lipinski definition) is 2. The zero-order chi connectivity index (χ0) is 17.9. The summed E-state index contributed by atoms with van der Waals surface area (Å²) in [6.07, 6.45) is 3.70.